The molecule has 0 radical (unpaired) electrons. The zero-order chi connectivity index (χ0) is 19.3. The van der Waals surface area contributed by atoms with Gasteiger partial charge in [0.2, 0.25) is 15.9 Å². The zero-order valence-corrected chi connectivity index (χ0v) is 17.1. The molecular weight excluding hydrogens is 360 g/mol. The van der Waals surface area contributed by atoms with Gasteiger partial charge in [0.1, 0.15) is 5.75 Å². The van der Waals surface area contributed by atoms with E-state index in [0.717, 1.165) is 51.4 Å². The number of benzene rings is 1. The standard InChI is InChI=1S/C21H32N2O3S/c1-17-9-12-19(13-10-17)22-27(25,26)16-21(24)23-15-5-8-20(23)14-11-18-6-3-2-4-7-18/h2-4,6-7,17,19-20,22H,5,8-16H2,1H3. The normalized spacial score (nSPS) is 26.3. The highest BCUT2D eigenvalue weighted by Gasteiger charge is 2.32. The van der Waals surface area contributed by atoms with Crippen LogP contribution in [0.5, 0.6) is 0 Å². The number of carbonyl (C=O) groups excluding carboxylic acids is 1. The van der Waals surface area contributed by atoms with Crippen LogP contribution in [0.2, 0.25) is 0 Å². The molecule has 1 saturated carbocycles. The molecule has 1 atom stereocenters. The fourth-order valence-electron chi connectivity index (χ4n) is 4.36. The molecule has 1 saturated heterocycles. The van der Waals surface area contributed by atoms with E-state index >= 15 is 0 Å². The minimum absolute atomic E-state index is 0.00791. The summed E-state index contributed by atoms with van der Waals surface area (Å²) in [7, 11) is -3.57. The maximum atomic E-state index is 12.7. The largest absolute Gasteiger partial charge is 0.339 e. The second-order valence-corrected chi connectivity index (χ2v) is 10.00. The van der Waals surface area contributed by atoms with Gasteiger partial charge in [-0.1, -0.05) is 37.3 Å². The Morgan fingerprint density at radius 3 is 2.52 bits per heavy atom. The van der Waals surface area contributed by atoms with Crippen LogP contribution in [0, 0.1) is 5.92 Å². The summed E-state index contributed by atoms with van der Waals surface area (Å²) >= 11 is 0. The zero-order valence-electron chi connectivity index (χ0n) is 16.3. The van der Waals surface area contributed by atoms with Crippen LogP contribution in [0.4, 0.5) is 0 Å². The van der Waals surface area contributed by atoms with Gasteiger partial charge >= 0.3 is 0 Å². The smallest absolute Gasteiger partial charge is 0.239 e. The lowest BCUT2D eigenvalue weighted by atomic mass is 9.88. The Balaban J connectivity index is 1.51. The molecule has 27 heavy (non-hydrogen) atoms. The Labute approximate surface area is 163 Å². The first-order valence-corrected chi connectivity index (χ1v) is 11.9. The van der Waals surface area contributed by atoms with Gasteiger partial charge in [0.25, 0.3) is 0 Å². The number of nitrogens with one attached hydrogen (secondary N) is 1. The topological polar surface area (TPSA) is 66.5 Å². The lowest BCUT2D eigenvalue weighted by Crippen LogP contribution is -2.45. The van der Waals surface area contributed by atoms with Crippen molar-refractivity contribution in [1.82, 2.24) is 9.62 Å². The van der Waals surface area contributed by atoms with Gasteiger partial charge in [0, 0.05) is 18.6 Å². The molecule has 2 aliphatic rings. The van der Waals surface area contributed by atoms with Crippen LogP contribution < -0.4 is 4.72 Å². The van der Waals surface area contributed by atoms with Crippen LogP contribution in [0.1, 0.15) is 57.4 Å². The molecule has 1 heterocycles. The SMILES string of the molecule is CC1CCC(NS(=O)(=O)CC(=O)N2CCCC2CCc2ccccc2)CC1. The highest BCUT2D eigenvalue weighted by Crippen LogP contribution is 2.25. The molecule has 0 aromatic heterocycles. The molecule has 6 heteroatoms. The van der Waals surface area contributed by atoms with Crippen LogP contribution in [0.15, 0.2) is 30.3 Å². The molecule has 1 aromatic carbocycles. The number of hydrogen-bond donors (Lipinski definition) is 1. The maximum absolute atomic E-state index is 12.7. The summed E-state index contributed by atoms with van der Waals surface area (Å²) < 4.78 is 27.7. The Morgan fingerprint density at radius 1 is 1.11 bits per heavy atom. The number of aryl methyl sites for hydroxylation is 1. The summed E-state index contributed by atoms with van der Waals surface area (Å²) in [4.78, 5) is 14.5. The van der Waals surface area contributed by atoms with E-state index in [9.17, 15) is 13.2 Å². The van der Waals surface area contributed by atoms with Gasteiger partial charge in [-0.3, -0.25) is 4.79 Å². The van der Waals surface area contributed by atoms with Crippen LogP contribution in [0.3, 0.4) is 0 Å². The van der Waals surface area contributed by atoms with Crippen molar-refractivity contribution in [2.75, 3.05) is 12.3 Å². The highest BCUT2D eigenvalue weighted by molar-refractivity contribution is 7.90. The van der Waals surface area contributed by atoms with E-state index in [0.29, 0.717) is 12.5 Å². The van der Waals surface area contributed by atoms with Crippen molar-refractivity contribution in [2.24, 2.45) is 5.92 Å². The van der Waals surface area contributed by atoms with Crippen molar-refractivity contribution in [3.63, 3.8) is 0 Å². The van der Waals surface area contributed by atoms with Gasteiger partial charge in [-0.2, -0.15) is 0 Å². The number of likely N-dealkylation sites (tertiary alicyclic amines) is 1. The van der Waals surface area contributed by atoms with Gasteiger partial charge < -0.3 is 4.90 Å². The molecule has 1 amide bonds. The Kier molecular flexibility index (Phi) is 6.93. The van der Waals surface area contributed by atoms with Gasteiger partial charge in [0.05, 0.1) is 0 Å². The third-order valence-corrected chi connectivity index (χ3v) is 7.30. The summed E-state index contributed by atoms with van der Waals surface area (Å²) in [5.74, 6) is 0.00514. The highest BCUT2D eigenvalue weighted by atomic mass is 32.2. The summed E-state index contributed by atoms with van der Waals surface area (Å²) in [5.41, 5.74) is 1.26. The molecule has 3 rings (SSSR count). The number of rotatable bonds is 7. The lowest BCUT2D eigenvalue weighted by molar-refractivity contribution is -0.129. The fourth-order valence-corrected chi connectivity index (χ4v) is 5.68. The van der Waals surface area contributed by atoms with Gasteiger partial charge in [-0.25, -0.2) is 13.1 Å². The van der Waals surface area contributed by atoms with E-state index in [1.54, 1.807) is 4.90 Å². The van der Waals surface area contributed by atoms with Crippen LogP contribution in [-0.2, 0) is 21.2 Å². The molecule has 1 aliphatic heterocycles. The van der Waals surface area contributed by atoms with E-state index in [1.165, 1.54) is 5.56 Å². The van der Waals surface area contributed by atoms with Crippen molar-refractivity contribution >= 4 is 15.9 Å². The van der Waals surface area contributed by atoms with Crippen molar-refractivity contribution < 1.29 is 13.2 Å². The molecule has 1 aromatic rings. The second-order valence-electron chi connectivity index (χ2n) is 8.24. The molecule has 1 N–H and O–H groups in total. The Bertz CT molecular complexity index is 712. The molecule has 150 valence electrons. The predicted molar refractivity (Wildman–Crippen MR) is 108 cm³/mol. The average molecular weight is 393 g/mol. The predicted octanol–water partition coefficient (Wildman–Crippen LogP) is 3.11. The molecule has 1 unspecified atom stereocenters. The number of nitrogens with zero attached hydrogens (tertiary/aromatic N) is 1. The van der Waals surface area contributed by atoms with Crippen LogP contribution >= 0.6 is 0 Å². The third-order valence-electron chi connectivity index (χ3n) is 5.98. The van der Waals surface area contributed by atoms with E-state index < -0.39 is 15.8 Å². The van der Waals surface area contributed by atoms with E-state index in [4.69, 9.17) is 0 Å². The third kappa shape index (κ3) is 6.04. The van der Waals surface area contributed by atoms with Crippen LogP contribution in [-0.4, -0.2) is 43.6 Å². The summed E-state index contributed by atoms with van der Waals surface area (Å²) in [6, 6.07) is 10.4. The second kappa shape index (κ2) is 9.20. The first-order chi connectivity index (χ1) is 12.9. The first-order valence-electron chi connectivity index (χ1n) is 10.3. The Hall–Kier alpha value is -1.40. The monoisotopic (exact) mass is 392 g/mol. The molecule has 0 bridgehead atoms. The van der Waals surface area contributed by atoms with E-state index in [2.05, 4.69) is 23.8 Å². The van der Waals surface area contributed by atoms with Gasteiger partial charge in [-0.05, 0) is 62.8 Å². The lowest BCUT2D eigenvalue weighted by Gasteiger charge is -2.28. The molecular formula is C21H32N2O3S. The maximum Gasteiger partial charge on any atom is 0.239 e. The average Bonchev–Trinajstić information content (AvgIpc) is 3.11. The minimum atomic E-state index is -3.57. The van der Waals surface area contributed by atoms with E-state index in [-0.39, 0.29) is 18.0 Å². The number of carbonyl (C=O) groups is 1. The number of sulfonamides is 1. The van der Waals surface area contributed by atoms with Crippen molar-refractivity contribution in [1.29, 1.82) is 0 Å². The van der Waals surface area contributed by atoms with E-state index in [1.807, 2.05) is 18.2 Å². The Morgan fingerprint density at radius 2 is 1.81 bits per heavy atom. The summed E-state index contributed by atoms with van der Waals surface area (Å²) in [5, 5.41) is 0. The fraction of sp³-hybridized carbons (Fsp3) is 0.667. The van der Waals surface area contributed by atoms with Gasteiger partial charge in [-0.15, -0.1) is 0 Å². The molecule has 0 spiro atoms. The first kappa shape index (κ1) is 20.3. The quantitative estimate of drug-likeness (QED) is 0.775. The molecule has 2 fully saturated rings. The van der Waals surface area contributed by atoms with Crippen LogP contribution in [0.25, 0.3) is 0 Å². The molecule has 1 aliphatic carbocycles. The van der Waals surface area contributed by atoms with Crippen molar-refractivity contribution in [3.05, 3.63) is 35.9 Å². The minimum Gasteiger partial charge on any atom is -0.339 e. The number of amides is 1. The summed E-state index contributed by atoms with van der Waals surface area (Å²) in [6.45, 7) is 2.88. The van der Waals surface area contributed by atoms with Crippen molar-refractivity contribution in [3.8, 4) is 0 Å². The molecule has 5 nitrogen and oxygen atoms in total. The van der Waals surface area contributed by atoms with Crippen molar-refractivity contribution in [2.45, 2.75) is 70.4 Å². The van der Waals surface area contributed by atoms with Gasteiger partial charge in [0.15, 0.2) is 0 Å². The number of hydrogen-bond acceptors (Lipinski definition) is 3. The summed E-state index contributed by atoms with van der Waals surface area (Å²) in [6.07, 6.45) is 7.58.